The first-order valence-electron chi connectivity index (χ1n) is 8.31. The Morgan fingerprint density at radius 2 is 1.81 bits per heavy atom. The quantitative estimate of drug-likeness (QED) is 0.634. The molecule has 1 aromatic heterocycles. The number of carbonyl (C=O) groups is 1. The lowest BCUT2D eigenvalue weighted by molar-refractivity contribution is 0.0950. The maximum atomic E-state index is 12.3. The van der Waals surface area contributed by atoms with Crippen LogP contribution in [-0.4, -0.2) is 31.7 Å². The van der Waals surface area contributed by atoms with Crippen molar-refractivity contribution in [3.8, 4) is 22.1 Å². The fourth-order valence-electron chi connectivity index (χ4n) is 2.50. The molecule has 3 rings (SSSR count). The SMILES string of the molecule is COc1ccc(CCNC(=O)c2csc(-c3ccc(OC)cc3Cl)n2)cc1. The Balaban J connectivity index is 1.59. The summed E-state index contributed by atoms with van der Waals surface area (Å²) in [6.07, 6.45) is 0.733. The van der Waals surface area contributed by atoms with Crippen LogP contribution < -0.4 is 14.8 Å². The van der Waals surface area contributed by atoms with Gasteiger partial charge in [-0.3, -0.25) is 4.79 Å². The largest absolute Gasteiger partial charge is 0.497 e. The maximum absolute atomic E-state index is 12.3. The van der Waals surface area contributed by atoms with E-state index in [0.717, 1.165) is 23.3 Å². The van der Waals surface area contributed by atoms with Crippen LogP contribution >= 0.6 is 22.9 Å². The number of methoxy groups -OCH3 is 2. The Morgan fingerprint density at radius 1 is 1.11 bits per heavy atom. The molecule has 0 saturated heterocycles. The van der Waals surface area contributed by atoms with Gasteiger partial charge in [0.25, 0.3) is 5.91 Å². The zero-order chi connectivity index (χ0) is 19.2. The van der Waals surface area contributed by atoms with E-state index in [9.17, 15) is 4.79 Å². The van der Waals surface area contributed by atoms with E-state index in [1.165, 1.54) is 11.3 Å². The first-order valence-corrected chi connectivity index (χ1v) is 9.57. The monoisotopic (exact) mass is 402 g/mol. The van der Waals surface area contributed by atoms with Gasteiger partial charge in [0.05, 0.1) is 19.2 Å². The van der Waals surface area contributed by atoms with Crippen molar-refractivity contribution in [2.45, 2.75) is 6.42 Å². The summed E-state index contributed by atoms with van der Waals surface area (Å²) in [5, 5.41) is 5.86. The van der Waals surface area contributed by atoms with Gasteiger partial charge in [-0.15, -0.1) is 11.3 Å². The minimum Gasteiger partial charge on any atom is -0.497 e. The normalized spacial score (nSPS) is 10.5. The van der Waals surface area contributed by atoms with Crippen LogP contribution in [0.2, 0.25) is 5.02 Å². The molecule has 27 heavy (non-hydrogen) atoms. The predicted molar refractivity (Wildman–Crippen MR) is 108 cm³/mol. The molecule has 1 heterocycles. The fourth-order valence-corrected chi connectivity index (χ4v) is 3.66. The smallest absolute Gasteiger partial charge is 0.270 e. The predicted octanol–water partition coefficient (Wildman–Crippen LogP) is 4.45. The Labute approximate surface area is 166 Å². The molecule has 3 aromatic rings. The van der Waals surface area contributed by atoms with Crippen LogP contribution in [0.3, 0.4) is 0 Å². The summed E-state index contributed by atoms with van der Waals surface area (Å²) in [7, 11) is 3.22. The van der Waals surface area contributed by atoms with Crippen molar-refractivity contribution < 1.29 is 14.3 Å². The van der Waals surface area contributed by atoms with Crippen LogP contribution in [0.25, 0.3) is 10.6 Å². The van der Waals surface area contributed by atoms with Crippen molar-refractivity contribution >= 4 is 28.8 Å². The number of hydrogen-bond donors (Lipinski definition) is 1. The third-order valence-corrected chi connectivity index (χ3v) is 5.19. The second kappa shape index (κ2) is 8.88. The summed E-state index contributed by atoms with van der Waals surface area (Å²) in [6.45, 7) is 0.529. The molecule has 140 valence electrons. The van der Waals surface area contributed by atoms with Crippen LogP contribution in [0.4, 0.5) is 0 Å². The number of nitrogens with one attached hydrogen (secondary N) is 1. The van der Waals surface area contributed by atoms with Crippen molar-refractivity contribution in [2.75, 3.05) is 20.8 Å². The van der Waals surface area contributed by atoms with Gasteiger partial charge in [-0.05, 0) is 42.3 Å². The topological polar surface area (TPSA) is 60.5 Å². The van der Waals surface area contributed by atoms with Crippen LogP contribution in [-0.2, 0) is 6.42 Å². The Bertz CT molecular complexity index is 925. The highest BCUT2D eigenvalue weighted by atomic mass is 35.5. The number of amides is 1. The number of rotatable bonds is 7. The molecule has 0 spiro atoms. The lowest BCUT2D eigenvalue weighted by atomic mass is 10.1. The highest BCUT2D eigenvalue weighted by molar-refractivity contribution is 7.13. The first-order chi connectivity index (χ1) is 13.1. The number of hydrogen-bond acceptors (Lipinski definition) is 5. The molecule has 1 amide bonds. The van der Waals surface area contributed by atoms with Crippen molar-refractivity contribution in [1.82, 2.24) is 10.3 Å². The van der Waals surface area contributed by atoms with Crippen molar-refractivity contribution in [3.63, 3.8) is 0 Å². The van der Waals surface area contributed by atoms with Crippen LogP contribution in [0.1, 0.15) is 16.1 Å². The molecule has 0 aliphatic heterocycles. The van der Waals surface area contributed by atoms with Gasteiger partial charge in [0.1, 0.15) is 22.2 Å². The molecule has 7 heteroatoms. The third kappa shape index (κ3) is 4.78. The minimum atomic E-state index is -0.198. The van der Waals surface area contributed by atoms with Crippen molar-refractivity contribution in [2.24, 2.45) is 0 Å². The minimum absolute atomic E-state index is 0.198. The van der Waals surface area contributed by atoms with E-state index in [2.05, 4.69) is 10.3 Å². The molecule has 0 aliphatic carbocycles. The summed E-state index contributed by atoms with van der Waals surface area (Å²) in [6, 6.07) is 13.2. The summed E-state index contributed by atoms with van der Waals surface area (Å²) in [5.41, 5.74) is 2.29. The van der Waals surface area contributed by atoms with E-state index in [1.54, 1.807) is 25.7 Å². The Kier molecular flexibility index (Phi) is 6.32. The molecule has 2 aromatic carbocycles. The van der Waals surface area contributed by atoms with E-state index in [-0.39, 0.29) is 5.91 Å². The van der Waals surface area contributed by atoms with Crippen LogP contribution in [0.5, 0.6) is 11.5 Å². The average Bonchev–Trinajstić information content (AvgIpc) is 3.18. The number of carbonyl (C=O) groups excluding carboxylic acids is 1. The molecule has 0 atom stereocenters. The van der Waals surface area contributed by atoms with Gasteiger partial charge in [0.15, 0.2) is 0 Å². The number of halogens is 1. The van der Waals surface area contributed by atoms with E-state index >= 15 is 0 Å². The highest BCUT2D eigenvalue weighted by Gasteiger charge is 2.14. The summed E-state index contributed by atoms with van der Waals surface area (Å²) in [4.78, 5) is 16.7. The second-order valence-electron chi connectivity index (χ2n) is 5.74. The van der Waals surface area contributed by atoms with E-state index in [4.69, 9.17) is 21.1 Å². The second-order valence-corrected chi connectivity index (χ2v) is 7.00. The van der Waals surface area contributed by atoms with E-state index in [1.807, 2.05) is 36.4 Å². The molecular weight excluding hydrogens is 384 g/mol. The average molecular weight is 403 g/mol. The van der Waals surface area contributed by atoms with Crippen LogP contribution in [0.15, 0.2) is 47.8 Å². The van der Waals surface area contributed by atoms with Gasteiger partial charge in [-0.25, -0.2) is 4.98 Å². The van der Waals surface area contributed by atoms with Gasteiger partial charge in [0, 0.05) is 17.5 Å². The molecule has 0 aliphatic rings. The zero-order valence-electron chi connectivity index (χ0n) is 15.0. The van der Waals surface area contributed by atoms with Crippen LogP contribution in [0, 0.1) is 0 Å². The lowest BCUT2D eigenvalue weighted by Gasteiger charge is -2.05. The molecule has 5 nitrogen and oxygen atoms in total. The summed E-state index contributed by atoms with van der Waals surface area (Å²) in [5.74, 6) is 1.29. The first kappa shape index (κ1) is 19.2. The van der Waals surface area contributed by atoms with Crippen molar-refractivity contribution in [3.05, 3.63) is 64.1 Å². The molecule has 0 bridgehead atoms. The molecular formula is C20H19ClN2O3S. The third-order valence-electron chi connectivity index (χ3n) is 4.00. The van der Waals surface area contributed by atoms with E-state index in [0.29, 0.717) is 28.0 Å². The molecule has 0 radical (unpaired) electrons. The maximum Gasteiger partial charge on any atom is 0.270 e. The zero-order valence-corrected chi connectivity index (χ0v) is 16.6. The standard InChI is InChI=1S/C20H19ClN2O3S/c1-25-14-5-3-13(4-6-14)9-10-22-19(24)18-12-27-20(23-18)16-8-7-15(26-2)11-17(16)21/h3-8,11-12H,9-10H2,1-2H3,(H,22,24). The van der Waals surface area contributed by atoms with Gasteiger partial charge in [0.2, 0.25) is 0 Å². The van der Waals surface area contributed by atoms with Gasteiger partial charge >= 0.3 is 0 Å². The number of thiazole rings is 1. The number of nitrogens with zero attached hydrogens (tertiary/aromatic N) is 1. The van der Waals surface area contributed by atoms with Gasteiger partial charge < -0.3 is 14.8 Å². The summed E-state index contributed by atoms with van der Waals surface area (Å²) >= 11 is 7.66. The highest BCUT2D eigenvalue weighted by Crippen LogP contribution is 2.33. The lowest BCUT2D eigenvalue weighted by Crippen LogP contribution is -2.25. The number of aromatic nitrogens is 1. The van der Waals surface area contributed by atoms with Gasteiger partial charge in [-0.1, -0.05) is 23.7 Å². The fraction of sp³-hybridized carbons (Fsp3) is 0.200. The molecule has 0 saturated carbocycles. The molecule has 1 N–H and O–H groups in total. The molecule has 0 fully saturated rings. The summed E-state index contributed by atoms with van der Waals surface area (Å²) < 4.78 is 10.3. The Morgan fingerprint density at radius 3 is 2.48 bits per heavy atom. The van der Waals surface area contributed by atoms with Crippen molar-refractivity contribution in [1.29, 1.82) is 0 Å². The molecule has 0 unspecified atom stereocenters. The van der Waals surface area contributed by atoms with Gasteiger partial charge in [-0.2, -0.15) is 0 Å². The van der Waals surface area contributed by atoms with E-state index < -0.39 is 0 Å². The number of benzene rings is 2. The number of ether oxygens (including phenoxy) is 2. The Hall–Kier alpha value is -2.57.